The van der Waals surface area contributed by atoms with Crippen LogP contribution in [0.3, 0.4) is 0 Å². The fraction of sp³-hybridized carbons (Fsp3) is 0.111. The minimum Gasteiger partial charge on any atom is -0.465 e. The molecular weight excluding hydrogens is 484 g/mol. The van der Waals surface area contributed by atoms with Crippen molar-refractivity contribution in [2.75, 3.05) is 17.3 Å². The summed E-state index contributed by atoms with van der Waals surface area (Å²) in [6.07, 6.45) is 0.882. The number of methoxy groups -OCH3 is 1. The molecule has 36 heavy (non-hydrogen) atoms. The maximum atomic E-state index is 13.1. The molecule has 3 aromatic rings. The van der Waals surface area contributed by atoms with Crippen LogP contribution in [0.15, 0.2) is 83.5 Å². The lowest BCUT2D eigenvalue weighted by molar-refractivity contribution is -0.120. The molecule has 0 fully saturated rings. The van der Waals surface area contributed by atoms with Gasteiger partial charge < -0.3 is 14.8 Å². The molecule has 1 aliphatic heterocycles. The van der Waals surface area contributed by atoms with E-state index in [4.69, 9.17) is 21.1 Å². The molecule has 0 aromatic heterocycles. The van der Waals surface area contributed by atoms with E-state index < -0.39 is 23.8 Å². The summed E-state index contributed by atoms with van der Waals surface area (Å²) in [6.45, 7) is 2.04. The number of anilines is 2. The lowest BCUT2D eigenvalue weighted by atomic mass is 10.1. The Balaban J connectivity index is 1.49. The van der Waals surface area contributed by atoms with Crippen molar-refractivity contribution >= 4 is 46.7 Å². The summed E-state index contributed by atoms with van der Waals surface area (Å²) in [7, 11) is 1.20. The third-order valence-corrected chi connectivity index (χ3v) is 5.86. The van der Waals surface area contributed by atoms with Gasteiger partial charge in [0.1, 0.15) is 16.5 Å². The first-order chi connectivity index (χ1) is 17.3. The van der Waals surface area contributed by atoms with Crippen molar-refractivity contribution < 1.29 is 28.7 Å². The van der Waals surface area contributed by atoms with Crippen LogP contribution in [0.5, 0.6) is 5.75 Å². The van der Waals surface area contributed by atoms with Crippen molar-refractivity contribution in [1.82, 2.24) is 0 Å². The van der Waals surface area contributed by atoms with Gasteiger partial charge in [-0.2, -0.15) is 0 Å². The molecule has 0 saturated carbocycles. The van der Waals surface area contributed by atoms with E-state index in [9.17, 15) is 19.2 Å². The Bertz CT molecular complexity index is 1380. The molecular formula is C27H21ClN2O6. The minimum absolute atomic E-state index is 0.0413. The number of imide groups is 1. The van der Waals surface area contributed by atoms with Gasteiger partial charge in [-0.25, -0.2) is 14.5 Å². The van der Waals surface area contributed by atoms with Crippen LogP contribution in [0.25, 0.3) is 0 Å². The van der Waals surface area contributed by atoms with Crippen LogP contribution < -0.4 is 15.0 Å². The molecule has 0 spiro atoms. The van der Waals surface area contributed by atoms with Gasteiger partial charge in [0.2, 0.25) is 0 Å². The predicted octanol–water partition coefficient (Wildman–Crippen LogP) is 4.69. The van der Waals surface area contributed by atoms with Crippen molar-refractivity contribution in [2.45, 2.75) is 13.3 Å². The lowest BCUT2D eigenvalue weighted by Gasteiger charge is -2.17. The Hall–Kier alpha value is -4.43. The number of hydrogen-bond donors (Lipinski definition) is 1. The first-order valence-electron chi connectivity index (χ1n) is 11.0. The maximum Gasteiger partial charge on any atom is 0.343 e. The van der Waals surface area contributed by atoms with Crippen molar-refractivity contribution in [1.29, 1.82) is 0 Å². The Morgan fingerprint density at radius 1 is 0.889 bits per heavy atom. The molecule has 4 rings (SSSR count). The second kappa shape index (κ2) is 10.5. The summed E-state index contributed by atoms with van der Waals surface area (Å²) >= 11 is 6.19. The van der Waals surface area contributed by atoms with Crippen molar-refractivity contribution in [3.8, 4) is 5.75 Å². The van der Waals surface area contributed by atoms with Crippen LogP contribution in [0.4, 0.5) is 11.4 Å². The largest absolute Gasteiger partial charge is 0.465 e. The number of halogens is 1. The normalized spacial score (nSPS) is 13.1. The number of ether oxygens (including phenoxy) is 2. The highest BCUT2D eigenvalue weighted by molar-refractivity contribution is 6.53. The number of carbonyl (C=O) groups excluding carboxylic acids is 4. The molecule has 0 radical (unpaired) electrons. The second-order valence-corrected chi connectivity index (χ2v) is 8.11. The topological polar surface area (TPSA) is 102 Å². The summed E-state index contributed by atoms with van der Waals surface area (Å²) in [5.74, 6) is -2.33. The summed E-state index contributed by atoms with van der Waals surface area (Å²) < 4.78 is 10.1. The molecule has 182 valence electrons. The van der Waals surface area contributed by atoms with E-state index in [2.05, 4.69) is 5.32 Å². The zero-order valence-corrected chi connectivity index (χ0v) is 20.2. The molecule has 0 aliphatic carbocycles. The number of nitrogens with zero attached hydrogens (tertiary/aromatic N) is 1. The average molecular weight is 505 g/mol. The van der Waals surface area contributed by atoms with E-state index in [1.807, 2.05) is 19.1 Å². The van der Waals surface area contributed by atoms with Crippen LogP contribution in [0.2, 0.25) is 0 Å². The monoisotopic (exact) mass is 504 g/mol. The van der Waals surface area contributed by atoms with Gasteiger partial charge in [0.05, 0.1) is 23.9 Å². The van der Waals surface area contributed by atoms with E-state index in [0.29, 0.717) is 17.0 Å². The Morgan fingerprint density at radius 2 is 1.56 bits per heavy atom. The van der Waals surface area contributed by atoms with Gasteiger partial charge in [0.25, 0.3) is 11.8 Å². The predicted molar refractivity (Wildman–Crippen MR) is 134 cm³/mol. The quantitative estimate of drug-likeness (QED) is 0.283. The molecule has 1 N–H and O–H groups in total. The zero-order valence-electron chi connectivity index (χ0n) is 19.4. The number of carbonyl (C=O) groups is 4. The number of hydrogen-bond acceptors (Lipinski definition) is 7. The van der Waals surface area contributed by atoms with Crippen LogP contribution in [-0.2, 0) is 20.7 Å². The fourth-order valence-electron chi connectivity index (χ4n) is 3.57. The number of esters is 2. The molecule has 3 aromatic carbocycles. The van der Waals surface area contributed by atoms with Crippen LogP contribution in [0.1, 0.15) is 33.2 Å². The Labute approximate surface area is 212 Å². The SMILES string of the molecule is CCc1ccc(OC(=O)c2ccc(NC3=C(Cl)C(=O)N(c4ccccc4C(=O)OC)C3=O)cc2)cc1. The fourth-order valence-corrected chi connectivity index (χ4v) is 3.79. The van der Waals surface area contributed by atoms with Gasteiger partial charge in [0, 0.05) is 5.69 Å². The van der Waals surface area contributed by atoms with Crippen LogP contribution in [0, 0.1) is 0 Å². The summed E-state index contributed by atoms with van der Waals surface area (Å²) in [6, 6.07) is 19.4. The highest BCUT2D eigenvalue weighted by atomic mass is 35.5. The standard InChI is InChI=1S/C27H21ClN2O6/c1-3-16-8-14-19(15-9-16)36-26(33)17-10-12-18(13-11-17)29-23-22(28)24(31)30(25(23)32)21-7-5-4-6-20(21)27(34)35-2/h4-15,29H,3H2,1-2H3. The van der Waals surface area contributed by atoms with Crippen LogP contribution >= 0.6 is 11.6 Å². The summed E-state index contributed by atoms with van der Waals surface area (Å²) in [4.78, 5) is 51.3. The van der Waals surface area contributed by atoms with Gasteiger partial charge in [-0.05, 0) is 60.5 Å². The Morgan fingerprint density at radius 3 is 2.19 bits per heavy atom. The molecule has 1 aliphatic rings. The number of rotatable bonds is 7. The first-order valence-corrected chi connectivity index (χ1v) is 11.4. The smallest absolute Gasteiger partial charge is 0.343 e. The summed E-state index contributed by atoms with van der Waals surface area (Å²) in [5.41, 5.74) is 1.77. The molecule has 0 unspecified atom stereocenters. The third kappa shape index (κ3) is 4.85. The number of aryl methyl sites for hydroxylation is 1. The number of nitrogens with one attached hydrogen (secondary N) is 1. The number of para-hydroxylation sites is 1. The number of benzene rings is 3. The Kier molecular flexibility index (Phi) is 7.17. The van der Waals surface area contributed by atoms with E-state index in [-0.39, 0.29) is 22.0 Å². The number of amides is 2. The summed E-state index contributed by atoms with van der Waals surface area (Å²) in [5, 5.41) is 2.49. The van der Waals surface area contributed by atoms with E-state index in [0.717, 1.165) is 16.9 Å². The van der Waals surface area contributed by atoms with Crippen LogP contribution in [-0.4, -0.2) is 30.9 Å². The van der Waals surface area contributed by atoms with Gasteiger partial charge in [0.15, 0.2) is 0 Å². The molecule has 0 bridgehead atoms. The lowest BCUT2D eigenvalue weighted by Crippen LogP contribution is -2.33. The highest BCUT2D eigenvalue weighted by Gasteiger charge is 2.40. The zero-order chi connectivity index (χ0) is 25.8. The van der Waals surface area contributed by atoms with Gasteiger partial charge in [-0.15, -0.1) is 0 Å². The van der Waals surface area contributed by atoms with Crippen molar-refractivity contribution in [3.63, 3.8) is 0 Å². The van der Waals surface area contributed by atoms with Gasteiger partial charge in [-0.3, -0.25) is 9.59 Å². The molecule has 8 nitrogen and oxygen atoms in total. The average Bonchev–Trinajstić information content (AvgIpc) is 3.11. The van der Waals surface area contributed by atoms with Crippen molar-refractivity contribution in [3.05, 3.63) is 100 Å². The first kappa shape index (κ1) is 24.7. The third-order valence-electron chi connectivity index (χ3n) is 5.51. The molecule has 9 heteroatoms. The van der Waals surface area contributed by atoms with E-state index in [1.54, 1.807) is 36.4 Å². The van der Waals surface area contributed by atoms with E-state index >= 15 is 0 Å². The van der Waals surface area contributed by atoms with Gasteiger partial charge in [-0.1, -0.05) is 42.8 Å². The van der Waals surface area contributed by atoms with E-state index in [1.165, 1.54) is 31.4 Å². The second-order valence-electron chi connectivity index (χ2n) is 7.73. The molecule has 2 amide bonds. The highest BCUT2D eigenvalue weighted by Crippen LogP contribution is 2.32. The molecule has 0 saturated heterocycles. The maximum absolute atomic E-state index is 13.1. The minimum atomic E-state index is -0.783. The molecule has 1 heterocycles. The van der Waals surface area contributed by atoms with Gasteiger partial charge >= 0.3 is 11.9 Å². The molecule has 0 atom stereocenters. The van der Waals surface area contributed by atoms with Crippen molar-refractivity contribution in [2.24, 2.45) is 0 Å².